The van der Waals surface area contributed by atoms with Crippen LogP contribution in [0.25, 0.3) is 0 Å². The molecule has 2 aromatic rings. The van der Waals surface area contributed by atoms with Gasteiger partial charge in [-0.05, 0) is 46.3 Å². The minimum atomic E-state index is -0.301. The van der Waals surface area contributed by atoms with Gasteiger partial charge in [0, 0.05) is 5.02 Å². The second-order valence-electron chi connectivity index (χ2n) is 3.89. The highest BCUT2D eigenvalue weighted by Crippen LogP contribution is 2.26. The van der Waals surface area contributed by atoms with Crippen LogP contribution in [-0.2, 0) is 4.79 Å². The van der Waals surface area contributed by atoms with Gasteiger partial charge in [-0.1, -0.05) is 35.3 Å². The number of nitrogens with one attached hydrogen (secondary N) is 1. The normalized spacial score (nSPS) is 10.2. The van der Waals surface area contributed by atoms with Crippen molar-refractivity contribution in [1.29, 1.82) is 0 Å². The van der Waals surface area contributed by atoms with Gasteiger partial charge in [-0.3, -0.25) is 4.79 Å². The van der Waals surface area contributed by atoms with Gasteiger partial charge in [0.2, 0.25) is 0 Å². The highest BCUT2D eigenvalue weighted by Gasteiger charge is 2.08. The van der Waals surface area contributed by atoms with Crippen LogP contribution in [0, 0.1) is 0 Å². The van der Waals surface area contributed by atoms with Crippen molar-refractivity contribution in [3.8, 4) is 5.75 Å². The number of hydrogen-bond donors (Lipinski definition) is 1. The summed E-state index contributed by atoms with van der Waals surface area (Å²) in [5, 5.41) is 3.55. The number of carbonyl (C=O) groups excluding carboxylic acids is 1. The van der Waals surface area contributed by atoms with Crippen LogP contribution in [-0.4, -0.2) is 12.5 Å². The summed E-state index contributed by atoms with van der Waals surface area (Å²) in [6.07, 6.45) is 0. The van der Waals surface area contributed by atoms with E-state index in [0.29, 0.717) is 21.5 Å². The van der Waals surface area contributed by atoms with Gasteiger partial charge >= 0.3 is 0 Å². The van der Waals surface area contributed by atoms with E-state index in [4.69, 9.17) is 27.9 Å². The smallest absolute Gasteiger partial charge is 0.262 e. The first-order valence-corrected chi connectivity index (χ1v) is 7.23. The number of amides is 1. The molecule has 2 aromatic carbocycles. The summed E-state index contributed by atoms with van der Waals surface area (Å²) >= 11 is 15.1. The van der Waals surface area contributed by atoms with Crippen molar-refractivity contribution in [3.63, 3.8) is 0 Å². The van der Waals surface area contributed by atoms with Crippen molar-refractivity contribution >= 4 is 50.7 Å². The third kappa shape index (κ3) is 4.13. The van der Waals surface area contributed by atoms with E-state index in [-0.39, 0.29) is 12.5 Å². The Morgan fingerprint density at radius 2 is 1.95 bits per heavy atom. The van der Waals surface area contributed by atoms with Crippen molar-refractivity contribution in [2.75, 3.05) is 11.9 Å². The summed E-state index contributed by atoms with van der Waals surface area (Å²) in [5.74, 6) is 0.301. The van der Waals surface area contributed by atoms with Crippen molar-refractivity contribution in [2.24, 2.45) is 0 Å². The lowest BCUT2D eigenvalue weighted by Gasteiger charge is -2.09. The van der Waals surface area contributed by atoms with Crippen LogP contribution in [0.3, 0.4) is 0 Å². The summed E-state index contributed by atoms with van der Waals surface area (Å²) in [5.41, 5.74) is 0.497. The highest BCUT2D eigenvalue weighted by molar-refractivity contribution is 9.10. The summed E-state index contributed by atoms with van der Waals surface area (Å²) in [6.45, 7) is -0.110. The quantitative estimate of drug-likeness (QED) is 0.836. The summed E-state index contributed by atoms with van der Waals surface area (Å²) in [6, 6.07) is 12.2. The molecule has 1 N–H and O–H groups in total. The molecular weight excluding hydrogens is 365 g/mol. The standard InChI is InChI=1S/C14H10BrCl2NO2/c15-10-3-1-2-4-13(10)20-8-14(19)18-12-6-5-9(16)7-11(12)17/h1-7H,8H2,(H,18,19). The molecule has 0 fully saturated rings. The van der Waals surface area contributed by atoms with Gasteiger partial charge in [-0.2, -0.15) is 0 Å². The first-order chi connectivity index (χ1) is 9.56. The van der Waals surface area contributed by atoms with Crippen molar-refractivity contribution in [2.45, 2.75) is 0 Å². The molecule has 2 rings (SSSR count). The Morgan fingerprint density at radius 3 is 2.65 bits per heavy atom. The van der Waals surface area contributed by atoms with Crippen LogP contribution < -0.4 is 10.1 Å². The summed E-state index contributed by atoms with van der Waals surface area (Å²) in [4.78, 5) is 11.8. The highest BCUT2D eigenvalue weighted by atomic mass is 79.9. The second kappa shape index (κ2) is 6.97. The molecular formula is C14H10BrCl2NO2. The fraction of sp³-hybridized carbons (Fsp3) is 0.0714. The number of halogens is 3. The van der Waals surface area contributed by atoms with Crippen LogP contribution in [0.4, 0.5) is 5.69 Å². The fourth-order valence-electron chi connectivity index (χ4n) is 1.48. The molecule has 0 saturated heterocycles. The zero-order valence-electron chi connectivity index (χ0n) is 10.2. The van der Waals surface area contributed by atoms with E-state index in [1.165, 1.54) is 0 Å². The fourth-order valence-corrected chi connectivity index (χ4v) is 2.34. The Morgan fingerprint density at radius 1 is 1.20 bits per heavy atom. The largest absolute Gasteiger partial charge is 0.483 e. The van der Waals surface area contributed by atoms with Crippen LogP contribution >= 0.6 is 39.1 Å². The van der Waals surface area contributed by atoms with Crippen LogP contribution in [0.1, 0.15) is 0 Å². The third-order valence-electron chi connectivity index (χ3n) is 2.40. The molecule has 0 aliphatic heterocycles. The number of rotatable bonds is 4. The van der Waals surface area contributed by atoms with Crippen LogP contribution in [0.5, 0.6) is 5.75 Å². The molecule has 0 unspecified atom stereocenters. The monoisotopic (exact) mass is 373 g/mol. The Labute approximate surface area is 135 Å². The van der Waals surface area contributed by atoms with Crippen molar-refractivity contribution < 1.29 is 9.53 Å². The average molecular weight is 375 g/mol. The lowest BCUT2D eigenvalue weighted by Crippen LogP contribution is -2.20. The number of hydrogen-bond acceptors (Lipinski definition) is 2. The maximum atomic E-state index is 11.8. The van der Waals surface area contributed by atoms with Crippen molar-refractivity contribution in [3.05, 3.63) is 57.0 Å². The van der Waals surface area contributed by atoms with E-state index in [9.17, 15) is 4.79 Å². The topological polar surface area (TPSA) is 38.3 Å². The first kappa shape index (κ1) is 15.2. The number of anilines is 1. The molecule has 1 amide bonds. The molecule has 0 aromatic heterocycles. The summed E-state index contributed by atoms with van der Waals surface area (Å²) < 4.78 is 6.20. The molecule has 3 nitrogen and oxygen atoms in total. The first-order valence-electron chi connectivity index (χ1n) is 5.68. The van der Waals surface area contributed by atoms with E-state index < -0.39 is 0 Å². The Kier molecular flexibility index (Phi) is 5.29. The zero-order valence-corrected chi connectivity index (χ0v) is 13.3. The molecule has 104 valence electrons. The molecule has 0 heterocycles. The summed E-state index contributed by atoms with van der Waals surface area (Å²) in [7, 11) is 0. The van der Waals surface area contributed by atoms with Gasteiger partial charge in [-0.15, -0.1) is 0 Å². The molecule has 0 atom stereocenters. The third-order valence-corrected chi connectivity index (χ3v) is 3.60. The van der Waals surface area contributed by atoms with Gasteiger partial charge in [0.25, 0.3) is 5.91 Å². The van der Waals surface area contributed by atoms with E-state index in [1.54, 1.807) is 24.3 Å². The van der Waals surface area contributed by atoms with Crippen LogP contribution in [0.15, 0.2) is 46.9 Å². The number of carbonyl (C=O) groups is 1. The molecule has 0 aliphatic rings. The average Bonchev–Trinajstić information content (AvgIpc) is 2.41. The molecule has 6 heteroatoms. The molecule has 0 radical (unpaired) electrons. The van der Waals surface area contributed by atoms with Gasteiger partial charge in [0.05, 0.1) is 15.2 Å². The molecule has 0 spiro atoms. The van der Waals surface area contributed by atoms with Gasteiger partial charge < -0.3 is 10.1 Å². The lowest BCUT2D eigenvalue weighted by molar-refractivity contribution is -0.118. The van der Waals surface area contributed by atoms with E-state index in [2.05, 4.69) is 21.2 Å². The molecule has 0 bridgehead atoms. The molecule has 0 aliphatic carbocycles. The molecule has 0 saturated carbocycles. The Bertz CT molecular complexity index is 634. The predicted molar refractivity (Wildman–Crippen MR) is 84.7 cm³/mol. The van der Waals surface area contributed by atoms with E-state index in [1.807, 2.05) is 18.2 Å². The Hall–Kier alpha value is -1.23. The second-order valence-corrected chi connectivity index (χ2v) is 5.59. The Balaban J connectivity index is 1.94. The van der Waals surface area contributed by atoms with E-state index >= 15 is 0 Å². The number of ether oxygens (including phenoxy) is 1. The molecule has 20 heavy (non-hydrogen) atoms. The van der Waals surface area contributed by atoms with Gasteiger partial charge in [0.1, 0.15) is 5.75 Å². The van der Waals surface area contributed by atoms with Gasteiger partial charge in [0.15, 0.2) is 6.61 Å². The van der Waals surface area contributed by atoms with Gasteiger partial charge in [-0.25, -0.2) is 0 Å². The van der Waals surface area contributed by atoms with E-state index in [0.717, 1.165) is 4.47 Å². The lowest BCUT2D eigenvalue weighted by atomic mass is 10.3. The predicted octanol–water partition coefficient (Wildman–Crippen LogP) is 4.77. The zero-order chi connectivity index (χ0) is 14.5. The van der Waals surface area contributed by atoms with Crippen LogP contribution in [0.2, 0.25) is 10.0 Å². The SMILES string of the molecule is O=C(COc1ccccc1Br)Nc1ccc(Cl)cc1Cl. The number of benzene rings is 2. The maximum Gasteiger partial charge on any atom is 0.262 e. The minimum absolute atomic E-state index is 0.110. The number of para-hydroxylation sites is 1. The van der Waals surface area contributed by atoms with Crippen molar-refractivity contribution in [1.82, 2.24) is 0 Å². The minimum Gasteiger partial charge on any atom is -0.483 e. The maximum absolute atomic E-state index is 11.8.